The van der Waals surface area contributed by atoms with Gasteiger partial charge in [0, 0.05) is 19.7 Å². The second-order valence-electron chi connectivity index (χ2n) is 4.58. The number of hydrogen-bond donors (Lipinski definition) is 1. The van der Waals surface area contributed by atoms with E-state index < -0.39 is 26.6 Å². The van der Waals surface area contributed by atoms with Crippen molar-refractivity contribution < 1.29 is 22.3 Å². The predicted molar refractivity (Wildman–Crippen MR) is 64.9 cm³/mol. The number of halogens is 2. The molecule has 0 aromatic heterocycles. The van der Waals surface area contributed by atoms with Gasteiger partial charge in [-0.3, -0.25) is 0 Å². The highest BCUT2D eigenvalue weighted by atomic mass is 32.2. The summed E-state index contributed by atoms with van der Waals surface area (Å²) in [5.74, 6) is -2.44. The van der Waals surface area contributed by atoms with Gasteiger partial charge in [0.15, 0.2) is 11.6 Å². The summed E-state index contributed by atoms with van der Waals surface area (Å²) in [4.78, 5) is -0.630. The minimum Gasteiger partial charge on any atom is -0.396 e. The summed E-state index contributed by atoms with van der Waals surface area (Å²) in [5, 5.41) is 9.00. The lowest BCUT2D eigenvalue weighted by molar-refractivity contribution is 0.170. The summed E-state index contributed by atoms with van der Waals surface area (Å²) in [6, 6.07) is 3.12. The van der Waals surface area contributed by atoms with E-state index in [1.165, 1.54) is 6.07 Å². The van der Waals surface area contributed by atoms with Crippen LogP contribution in [0.3, 0.4) is 0 Å². The Kier molecular flexibility index (Phi) is 4.17. The van der Waals surface area contributed by atoms with Gasteiger partial charge >= 0.3 is 0 Å². The summed E-state index contributed by atoms with van der Waals surface area (Å²) >= 11 is 0. The van der Waals surface area contributed by atoms with Gasteiger partial charge in [-0.25, -0.2) is 17.2 Å². The average Bonchev–Trinajstić information content (AvgIpc) is 2.41. The third kappa shape index (κ3) is 2.77. The second-order valence-corrected chi connectivity index (χ2v) is 6.49. The van der Waals surface area contributed by atoms with Crippen molar-refractivity contribution in [1.82, 2.24) is 4.31 Å². The summed E-state index contributed by atoms with van der Waals surface area (Å²) in [6.45, 7) is 0.440. The first-order chi connectivity index (χ1) is 8.96. The highest BCUT2D eigenvalue weighted by Crippen LogP contribution is 2.25. The van der Waals surface area contributed by atoms with Crippen LogP contribution < -0.4 is 0 Å². The van der Waals surface area contributed by atoms with Crippen molar-refractivity contribution in [1.29, 1.82) is 0 Å². The molecule has 19 heavy (non-hydrogen) atoms. The molecule has 2 rings (SSSR count). The van der Waals surface area contributed by atoms with Crippen LogP contribution in [0.5, 0.6) is 0 Å². The Morgan fingerprint density at radius 1 is 1.26 bits per heavy atom. The van der Waals surface area contributed by atoms with Gasteiger partial charge in [0.25, 0.3) is 0 Å². The number of nitrogens with zero attached hydrogens (tertiary/aromatic N) is 1. The SMILES string of the molecule is O=S(=O)(c1cccc(F)c1F)N1CCC(CO)CC1. The van der Waals surface area contributed by atoms with Crippen LogP contribution in [0.15, 0.2) is 23.1 Å². The van der Waals surface area contributed by atoms with Crippen molar-refractivity contribution in [3.05, 3.63) is 29.8 Å². The fourth-order valence-corrected chi connectivity index (χ4v) is 3.70. The lowest BCUT2D eigenvalue weighted by Gasteiger charge is -2.30. The number of aliphatic hydroxyl groups is 1. The van der Waals surface area contributed by atoms with Crippen molar-refractivity contribution in [3.8, 4) is 0 Å². The molecule has 0 spiro atoms. The van der Waals surface area contributed by atoms with Crippen molar-refractivity contribution in [2.45, 2.75) is 17.7 Å². The molecule has 1 aliphatic heterocycles. The Morgan fingerprint density at radius 2 is 1.89 bits per heavy atom. The summed E-state index contributed by atoms with van der Waals surface area (Å²) in [7, 11) is -4.01. The minimum absolute atomic E-state index is 0.0161. The van der Waals surface area contributed by atoms with Crippen LogP contribution in [0, 0.1) is 17.6 Å². The van der Waals surface area contributed by atoms with Gasteiger partial charge in [-0.15, -0.1) is 0 Å². The van der Waals surface area contributed by atoms with Gasteiger partial charge in [-0.2, -0.15) is 4.31 Å². The summed E-state index contributed by atoms with van der Waals surface area (Å²) in [6.07, 6.45) is 1.04. The van der Waals surface area contributed by atoms with E-state index in [-0.39, 0.29) is 25.6 Å². The zero-order chi connectivity index (χ0) is 14.0. The van der Waals surface area contributed by atoms with Crippen LogP contribution >= 0.6 is 0 Å². The molecule has 0 saturated carbocycles. The molecule has 0 unspecified atom stereocenters. The first-order valence-electron chi connectivity index (χ1n) is 6.02. The van der Waals surface area contributed by atoms with Crippen LogP contribution in [-0.2, 0) is 10.0 Å². The summed E-state index contributed by atoms with van der Waals surface area (Å²) < 4.78 is 52.2. The molecule has 4 nitrogen and oxygen atoms in total. The Labute approximate surface area is 110 Å². The number of sulfonamides is 1. The van der Waals surface area contributed by atoms with E-state index in [4.69, 9.17) is 5.11 Å². The van der Waals surface area contributed by atoms with E-state index in [0.29, 0.717) is 12.8 Å². The molecular weight excluding hydrogens is 276 g/mol. The van der Waals surface area contributed by atoms with Gasteiger partial charge in [0.05, 0.1) is 0 Å². The van der Waals surface area contributed by atoms with Crippen molar-refractivity contribution >= 4 is 10.0 Å². The predicted octanol–water partition coefficient (Wildman–Crippen LogP) is 1.36. The van der Waals surface area contributed by atoms with Gasteiger partial charge in [0.1, 0.15) is 4.90 Å². The van der Waals surface area contributed by atoms with Crippen LogP contribution in [0.2, 0.25) is 0 Å². The van der Waals surface area contributed by atoms with E-state index in [1.54, 1.807) is 0 Å². The molecule has 1 N–H and O–H groups in total. The first-order valence-corrected chi connectivity index (χ1v) is 7.46. The topological polar surface area (TPSA) is 57.6 Å². The molecule has 106 valence electrons. The smallest absolute Gasteiger partial charge is 0.246 e. The molecule has 0 bridgehead atoms. The number of benzene rings is 1. The van der Waals surface area contributed by atoms with E-state index >= 15 is 0 Å². The molecule has 1 aromatic rings. The van der Waals surface area contributed by atoms with Gasteiger partial charge in [-0.1, -0.05) is 6.07 Å². The number of piperidine rings is 1. The number of aliphatic hydroxyl groups excluding tert-OH is 1. The molecule has 1 fully saturated rings. The Bertz CT molecular complexity index is 554. The lowest BCUT2D eigenvalue weighted by Crippen LogP contribution is -2.39. The molecule has 1 aliphatic rings. The van der Waals surface area contributed by atoms with Crippen LogP contribution in [0.1, 0.15) is 12.8 Å². The standard InChI is InChI=1S/C12H15F2NO3S/c13-10-2-1-3-11(12(10)14)19(17,18)15-6-4-9(8-16)5-7-15/h1-3,9,16H,4-8H2. The van der Waals surface area contributed by atoms with Crippen molar-refractivity contribution in [3.63, 3.8) is 0 Å². The molecule has 1 aromatic carbocycles. The molecule has 1 saturated heterocycles. The monoisotopic (exact) mass is 291 g/mol. The lowest BCUT2D eigenvalue weighted by atomic mass is 10.00. The normalized spacial score (nSPS) is 18.7. The van der Waals surface area contributed by atoms with Crippen LogP contribution in [0.4, 0.5) is 8.78 Å². The fourth-order valence-electron chi connectivity index (χ4n) is 2.15. The maximum atomic E-state index is 13.6. The van der Waals surface area contributed by atoms with Gasteiger partial charge < -0.3 is 5.11 Å². The number of rotatable bonds is 3. The van der Waals surface area contributed by atoms with E-state index in [2.05, 4.69) is 0 Å². The quantitative estimate of drug-likeness (QED) is 0.915. The van der Waals surface area contributed by atoms with Crippen LogP contribution in [0.25, 0.3) is 0 Å². The Balaban J connectivity index is 2.26. The zero-order valence-electron chi connectivity index (χ0n) is 10.2. The Hall–Kier alpha value is -1.05. The minimum atomic E-state index is -4.01. The molecule has 0 amide bonds. The zero-order valence-corrected chi connectivity index (χ0v) is 11.0. The van der Waals surface area contributed by atoms with Crippen LogP contribution in [-0.4, -0.2) is 37.5 Å². The molecule has 0 aliphatic carbocycles. The second kappa shape index (κ2) is 5.52. The highest BCUT2D eigenvalue weighted by Gasteiger charge is 2.31. The van der Waals surface area contributed by atoms with Crippen molar-refractivity contribution in [2.24, 2.45) is 5.92 Å². The average molecular weight is 291 g/mol. The fraction of sp³-hybridized carbons (Fsp3) is 0.500. The third-order valence-corrected chi connectivity index (χ3v) is 5.28. The maximum absolute atomic E-state index is 13.6. The number of hydrogen-bond acceptors (Lipinski definition) is 3. The van der Waals surface area contributed by atoms with Gasteiger partial charge in [0.2, 0.25) is 10.0 Å². The molecule has 1 heterocycles. The van der Waals surface area contributed by atoms with Gasteiger partial charge in [-0.05, 0) is 30.9 Å². The molecule has 0 radical (unpaired) electrons. The molecular formula is C12H15F2NO3S. The van der Waals surface area contributed by atoms with E-state index in [1.807, 2.05) is 0 Å². The van der Waals surface area contributed by atoms with E-state index in [0.717, 1.165) is 16.4 Å². The third-order valence-electron chi connectivity index (χ3n) is 3.37. The highest BCUT2D eigenvalue weighted by molar-refractivity contribution is 7.89. The maximum Gasteiger partial charge on any atom is 0.246 e. The first kappa shape index (κ1) is 14.4. The largest absolute Gasteiger partial charge is 0.396 e. The van der Waals surface area contributed by atoms with Crippen molar-refractivity contribution in [2.75, 3.05) is 19.7 Å². The molecule has 0 atom stereocenters. The summed E-state index contributed by atoms with van der Waals surface area (Å²) in [5.41, 5.74) is 0. The molecule has 7 heteroatoms. The Morgan fingerprint density at radius 3 is 2.47 bits per heavy atom. The van der Waals surface area contributed by atoms with E-state index in [9.17, 15) is 17.2 Å².